The predicted molar refractivity (Wildman–Crippen MR) is 57.7 cm³/mol. The van der Waals surface area contributed by atoms with Gasteiger partial charge in [0.1, 0.15) is 6.07 Å². The fourth-order valence-electron chi connectivity index (χ4n) is 1.02. The third-order valence-corrected chi connectivity index (χ3v) is 3.61. The maximum Gasteiger partial charge on any atom is 0.446 e. The second-order valence-electron chi connectivity index (χ2n) is 2.77. The van der Waals surface area contributed by atoms with E-state index in [1.54, 1.807) is 6.07 Å². The van der Waals surface area contributed by atoms with Gasteiger partial charge in [0.15, 0.2) is 0 Å². The lowest BCUT2D eigenvalue weighted by Crippen LogP contribution is -2.04. The molecule has 0 amide bonds. The molecule has 0 atom stereocenters. The number of carboxylic acid groups (broad SMARTS) is 1. The number of hydrogen-bond acceptors (Lipinski definition) is 3. The Bertz CT molecular complexity index is 510. The van der Waals surface area contributed by atoms with Gasteiger partial charge in [0.25, 0.3) is 0 Å². The molecule has 0 aliphatic rings. The largest absolute Gasteiger partial charge is 0.478 e. The minimum Gasteiger partial charge on any atom is -0.478 e. The summed E-state index contributed by atoms with van der Waals surface area (Å²) in [5.74, 6) is -1.37. The summed E-state index contributed by atoms with van der Waals surface area (Å²) in [7, 11) is 0. The van der Waals surface area contributed by atoms with Crippen molar-refractivity contribution in [3.63, 3.8) is 0 Å². The molecule has 0 spiro atoms. The molecule has 0 fully saturated rings. The Kier molecular flexibility index (Phi) is 4.06. The van der Waals surface area contributed by atoms with Crippen LogP contribution in [0.2, 0.25) is 0 Å². The Hall–Kier alpha value is -1.20. The number of alkyl halides is 3. The van der Waals surface area contributed by atoms with Crippen molar-refractivity contribution in [1.29, 1.82) is 5.26 Å². The summed E-state index contributed by atoms with van der Waals surface area (Å²) in [6.07, 6.45) is 0. The molecule has 0 unspecified atom stereocenters. The highest BCUT2D eigenvalue weighted by atomic mass is 79.9. The molecule has 0 aliphatic heterocycles. The molecule has 0 saturated carbocycles. The van der Waals surface area contributed by atoms with Crippen LogP contribution in [-0.4, -0.2) is 16.6 Å². The molecular weight excluding hydrogens is 323 g/mol. The average molecular weight is 326 g/mol. The number of hydrogen-bond donors (Lipinski definition) is 1. The lowest BCUT2D eigenvalue weighted by molar-refractivity contribution is -0.0328. The van der Waals surface area contributed by atoms with Crippen molar-refractivity contribution in [1.82, 2.24) is 0 Å². The zero-order valence-electron chi connectivity index (χ0n) is 7.88. The van der Waals surface area contributed by atoms with Crippen LogP contribution in [0.3, 0.4) is 0 Å². The average Bonchev–Trinajstić information content (AvgIpc) is 2.18. The van der Waals surface area contributed by atoms with Gasteiger partial charge in [0.2, 0.25) is 0 Å². The van der Waals surface area contributed by atoms with Crippen LogP contribution in [0.15, 0.2) is 21.5 Å². The van der Waals surface area contributed by atoms with Gasteiger partial charge in [-0.15, -0.1) is 0 Å². The zero-order valence-corrected chi connectivity index (χ0v) is 10.3. The highest BCUT2D eigenvalue weighted by Gasteiger charge is 2.32. The first-order valence-corrected chi connectivity index (χ1v) is 5.59. The van der Waals surface area contributed by atoms with E-state index in [4.69, 9.17) is 10.4 Å². The van der Waals surface area contributed by atoms with Gasteiger partial charge in [-0.25, -0.2) is 4.79 Å². The second-order valence-corrected chi connectivity index (χ2v) is 4.64. The Labute approximate surface area is 106 Å². The third kappa shape index (κ3) is 3.38. The highest BCUT2D eigenvalue weighted by Crippen LogP contribution is 2.43. The van der Waals surface area contributed by atoms with E-state index >= 15 is 0 Å². The number of halogens is 4. The smallest absolute Gasteiger partial charge is 0.446 e. The molecule has 0 bridgehead atoms. The van der Waals surface area contributed by atoms with Gasteiger partial charge in [-0.05, 0) is 39.8 Å². The maximum absolute atomic E-state index is 12.3. The molecule has 1 rings (SSSR count). The van der Waals surface area contributed by atoms with E-state index in [-0.39, 0.29) is 15.6 Å². The molecule has 0 saturated heterocycles. The van der Waals surface area contributed by atoms with Crippen LogP contribution in [0, 0.1) is 11.3 Å². The molecule has 0 aliphatic carbocycles. The normalized spacial score (nSPS) is 11.0. The van der Waals surface area contributed by atoms with E-state index in [1.807, 2.05) is 0 Å². The SMILES string of the molecule is N#Cc1ccc(C(=O)O)c(Br)c1SC(F)(F)F. The molecule has 17 heavy (non-hydrogen) atoms. The molecule has 90 valence electrons. The van der Waals surface area contributed by atoms with Crippen molar-refractivity contribution in [2.45, 2.75) is 10.4 Å². The molecule has 1 aromatic rings. The number of rotatable bonds is 2. The summed E-state index contributed by atoms with van der Waals surface area (Å²) in [4.78, 5) is 10.3. The summed E-state index contributed by atoms with van der Waals surface area (Å²) in [6, 6.07) is 3.70. The van der Waals surface area contributed by atoms with Crippen molar-refractivity contribution in [3.05, 3.63) is 27.7 Å². The number of carboxylic acids is 1. The highest BCUT2D eigenvalue weighted by molar-refractivity contribution is 9.10. The van der Waals surface area contributed by atoms with Crippen molar-refractivity contribution in [3.8, 4) is 6.07 Å². The van der Waals surface area contributed by atoms with Crippen LogP contribution in [0.5, 0.6) is 0 Å². The predicted octanol–water partition coefficient (Wildman–Crippen LogP) is 3.63. The second kappa shape index (κ2) is 4.98. The Morgan fingerprint density at radius 2 is 2.06 bits per heavy atom. The standard InChI is InChI=1S/C9H3BrF3NO2S/c10-6-5(8(15)16)2-1-4(3-14)7(6)17-9(11,12)13/h1-2H,(H,15,16). The number of aromatic carboxylic acids is 1. The molecule has 0 radical (unpaired) electrons. The van der Waals surface area contributed by atoms with E-state index in [2.05, 4.69) is 15.9 Å². The van der Waals surface area contributed by atoms with Crippen LogP contribution in [-0.2, 0) is 0 Å². The van der Waals surface area contributed by atoms with Crippen LogP contribution in [0.4, 0.5) is 13.2 Å². The summed E-state index contributed by atoms with van der Waals surface area (Å²) in [6.45, 7) is 0. The number of nitriles is 1. The summed E-state index contributed by atoms with van der Waals surface area (Å²) in [5, 5.41) is 17.4. The zero-order chi connectivity index (χ0) is 13.2. The molecular formula is C9H3BrF3NO2S. The minimum atomic E-state index is -4.59. The number of nitrogens with zero attached hydrogens (tertiary/aromatic N) is 1. The fraction of sp³-hybridized carbons (Fsp3) is 0.111. The van der Waals surface area contributed by atoms with E-state index in [1.165, 1.54) is 0 Å². The van der Waals surface area contributed by atoms with Crippen LogP contribution in [0.1, 0.15) is 15.9 Å². The summed E-state index contributed by atoms with van der Waals surface area (Å²) >= 11 is 2.25. The van der Waals surface area contributed by atoms with Gasteiger partial charge >= 0.3 is 11.5 Å². The quantitative estimate of drug-likeness (QED) is 0.843. The lowest BCUT2D eigenvalue weighted by atomic mass is 10.1. The molecule has 3 nitrogen and oxygen atoms in total. The van der Waals surface area contributed by atoms with Gasteiger partial charge in [0, 0.05) is 9.37 Å². The van der Waals surface area contributed by atoms with Crippen molar-refractivity contribution < 1.29 is 23.1 Å². The Morgan fingerprint density at radius 1 is 1.47 bits per heavy atom. The van der Waals surface area contributed by atoms with Crippen LogP contribution < -0.4 is 0 Å². The topological polar surface area (TPSA) is 61.1 Å². The van der Waals surface area contributed by atoms with Gasteiger partial charge in [0.05, 0.1) is 11.1 Å². The van der Waals surface area contributed by atoms with E-state index in [9.17, 15) is 18.0 Å². The van der Waals surface area contributed by atoms with Crippen molar-refractivity contribution >= 4 is 33.7 Å². The van der Waals surface area contributed by atoms with Crippen molar-refractivity contribution in [2.24, 2.45) is 0 Å². The minimum absolute atomic E-state index is 0.232. The lowest BCUT2D eigenvalue weighted by Gasteiger charge is -2.10. The first-order chi connectivity index (χ1) is 7.76. The van der Waals surface area contributed by atoms with Crippen LogP contribution in [0.25, 0.3) is 0 Å². The number of carbonyl (C=O) groups is 1. The molecule has 0 aromatic heterocycles. The first kappa shape index (κ1) is 13.9. The summed E-state index contributed by atoms with van der Waals surface area (Å²) < 4.78 is 36.5. The van der Waals surface area contributed by atoms with Gasteiger partial charge in [-0.3, -0.25) is 0 Å². The van der Waals surface area contributed by atoms with Crippen molar-refractivity contribution in [2.75, 3.05) is 0 Å². The first-order valence-electron chi connectivity index (χ1n) is 3.98. The molecule has 1 aromatic carbocycles. The Morgan fingerprint density at radius 3 is 2.47 bits per heavy atom. The van der Waals surface area contributed by atoms with E-state index in [0.29, 0.717) is 0 Å². The third-order valence-electron chi connectivity index (χ3n) is 1.67. The van der Waals surface area contributed by atoms with Crippen LogP contribution >= 0.6 is 27.7 Å². The molecule has 1 N–H and O–H groups in total. The summed E-state index contributed by atoms with van der Waals surface area (Å²) in [5.41, 5.74) is -5.15. The number of benzene rings is 1. The fourth-order valence-corrected chi connectivity index (χ4v) is 2.44. The number of thioether (sulfide) groups is 1. The van der Waals surface area contributed by atoms with Gasteiger partial charge in [-0.2, -0.15) is 18.4 Å². The van der Waals surface area contributed by atoms with Gasteiger partial charge < -0.3 is 5.11 Å². The van der Waals surface area contributed by atoms with E-state index < -0.39 is 28.1 Å². The van der Waals surface area contributed by atoms with E-state index in [0.717, 1.165) is 12.1 Å². The monoisotopic (exact) mass is 325 g/mol. The molecule has 0 heterocycles. The van der Waals surface area contributed by atoms with Gasteiger partial charge in [-0.1, -0.05) is 0 Å². The maximum atomic E-state index is 12.3. The molecule has 8 heteroatoms. The Balaban J connectivity index is 3.39.